The molecule has 0 saturated carbocycles. The second-order valence-corrected chi connectivity index (χ2v) is 4.26. The van der Waals surface area contributed by atoms with Crippen molar-refractivity contribution in [1.29, 1.82) is 0 Å². The van der Waals surface area contributed by atoms with E-state index in [2.05, 4.69) is 4.98 Å². The number of hydrogen-bond acceptors (Lipinski definition) is 3. The van der Waals surface area contributed by atoms with E-state index in [1.54, 1.807) is 12.3 Å². The molecule has 1 aromatic heterocycles. The summed E-state index contributed by atoms with van der Waals surface area (Å²) in [6.07, 6.45) is 3.94. The van der Waals surface area contributed by atoms with Crippen LogP contribution in [0.25, 0.3) is 11.1 Å². The molecule has 0 unspecified atom stereocenters. The van der Waals surface area contributed by atoms with Gasteiger partial charge in [-0.1, -0.05) is 13.0 Å². The summed E-state index contributed by atoms with van der Waals surface area (Å²) in [5.41, 5.74) is 0.759. The van der Waals surface area contributed by atoms with Gasteiger partial charge in [0, 0.05) is 17.3 Å². The number of halogens is 1. The van der Waals surface area contributed by atoms with Gasteiger partial charge < -0.3 is 9.84 Å². The van der Waals surface area contributed by atoms with Crippen LogP contribution in [0, 0.1) is 5.82 Å². The minimum absolute atomic E-state index is 0.0856. The van der Waals surface area contributed by atoms with Crippen LogP contribution in [-0.2, 0) is 0 Å². The van der Waals surface area contributed by atoms with Crippen molar-refractivity contribution in [2.24, 2.45) is 0 Å². The molecule has 5 heteroatoms. The molecule has 0 amide bonds. The molecule has 0 atom stereocenters. The molecule has 2 rings (SSSR count). The van der Waals surface area contributed by atoms with Crippen molar-refractivity contribution in [2.45, 2.75) is 13.3 Å². The van der Waals surface area contributed by atoms with Crippen molar-refractivity contribution >= 4 is 5.97 Å². The Morgan fingerprint density at radius 3 is 2.80 bits per heavy atom. The van der Waals surface area contributed by atoms with E-state index >= 15 is 0 Å². The number of carbonyl (C=O) groups is 1. The van der Waals surface area contributed by atoms with Crippen molar-refractivity contribution in [1.82, 2.24) is 4.98 Å². The quantitative estimate of drug-likeness (QED) is 0.908. The van der Waals surface area contributed by atoms with Gasteiger partial charge in [0.05, 0.1) is 18.4 Å². The summed E-state index contributed by atoms with van der Waals surface area (Å²) < 4.78 is 19.4. The average Bonchev–Trinajstić information content (AvgIpc) is 2.45. The molecule has 1 heterocycles. The van der Waals surface area contributed by atoms with Gasteiger partial charge in [0.1, 0.15) is 11.6 Å². The zero-order valence-electron chi connectivity index (χ0n) is 11.0. The Balaban J connectivity index is 2.33. The van der Waals surface area contributed by atoms with Crippen molar-refractivity contribution in [3.8, 4) is 16.9 Å². The van der Waals surface area contributed by atoms with Crippen LogP contribution < -0.4 is 4.74 Å². The Bertz CT molecular complexity index is 628. The lowest BCUT2D eigenvalue weighted by molar-refractivity contribution is 0.0696. The van der Waals surface area contributed by atoms with E-state index in [1.807, 2.05) is 6.92 Å². The molecular formula is C15H14FNO3. The maximum atomic E-state index is 13.9. The Morgan fingerprint density at radius 2 is 2.15 bits per heavy atom. The first kappa shape index (κ1) is 14.0. The number of ether oxygens (including phenoxy) is 1. The molecule has 0 bridgehead atoms. The number of nitrogens with zero attached hydrogens (tertiary/aromatic N) is 1. The largest absolute Gasteiger partial charge is 0.492 e. The van der Waals surface area contributed by atoms with E-state index in [0.29, 0.717) is 23.5 Å². The van der Waals surface area contributed by atoms with Gasteiger partial charge in [-0.25, -0.2) is 9.18 Å². The molecule has 0 spiro atoms. The fourth-order valence-electron chi connectivity index (χ4n) is 1.75. The number of carboxylic acid groups (broad SMARTS) is 1. The van der Waals surface area contributed by atoms with E-state index in [-0.39, 0.29) is 5.56 Å². The number of pyridine rings is 1. The van der Waals surface area contributed by atoms with Crippen molar-refractivity contribution in [3.05, 3.63) is 48.0 Å². The highest BCUT2D eigenvalue weighted by molar-refractivity contribution is 5.88. The van der Waals surface area contributed by atoms with Gasteiger partial charge in [0.15, 0.2) is 0 Å². The van der Waals surface area contributed by atoms with Crippen LogP contribution in [0.5, 0.6) is 5.75 Å². The van der Waals surface area contributed by atoms with E-state index in [0.717, 1.165) is 12.5 Å². The van der Waals surface area contributed by atoms with Gasteiger partial charge in [0.2, 0.25) is 0 Å². The molecule has 0 saturated heterocycles. The summed E-state index contributed by atoms with van der Waals surface area (Å²) in [5.74, 6) is -1.20. The summed E-state index contributed by atoms with van der Waals surface area (Å²) in [6, 6.07) is 5.47. The van der Waals surface area contributed by atoms with E-state index in [9.17, 15) is 9.18 Å². The first-order valence-electron chi connectivity index (χ1n) is 6.23. The summed E-state index contributed by atoms with van der Waals surface area (Å²) in [5, 5.41) is 8.81. The molecule has 104 valence electrons. The van der Waals surface area contributed by atoms with Crippen LogP contribution in [0.2, 0.25) is 0 Å². The summed E-state index contributed by atoms with van der Waals surface area (Å²) >= 11 is 0. The van der Waals surface area contributed by atoms with Gasteiger partial charge in [0.25, 0.3) is 0 Å². The molecule has 4 nitrogen and oxygen atoms in total. The lowest BCUT2D eigenvalue weighted by Gasteiger charge is -2.08. The fraction of sp³-hybridized carbons (Fsp3) is 0.200. The topological polar surface area (TPSA) is 59.4 Å². The molecule has 0 fully saturated rings. The molecular weight excluding hydrogens is 261 g/mol. The van der Waals surface area contributed by atoms with Gasteiger partial charge >= 0.3 is 5.97 Å². The van der Waals surface area contributed by atoms with Gasteiger partial charge in [-0.3, -0.25) is 4.98 Å². The molecule has 0 aliphatic heterocycles. The number of aromatic carboxylic acids is 1. The molecule has 0 aliphatic rings. The molecule has 1 aromatic carbocycles. The Kier molecular flexibility index (Phi) is 4.30. The Hall–Kier alpha value is -2.43. The number of rotatable bonds is 5. The predicted molar refractivity (Wildman–Crippen MR) is 72.4 cm³/mol. The van der Waals surface area contributed by atoms with Crippen molar-refractivity contribution in [2.75, 3.05) is 6.61 Å². The highest BCUT2D eigenvalue weighted by Crippen LogP contribution is 2.26. The lowest BCUT2D eigenvalue weighted by atomic mass is 10.0. The highest BCUT2D eigenvalue weighted by Gasteiger charge is 2.10. The SMILES string of the molecule is CCCOc1cncc(-c2ccc(C(=O)O)cc2F)c1. The molecule has 2 aromatic rings. The smallest absolute Gasteiger partial charge is 0.335 e. The molecule has 0 radical (unpaired) electrons. The summed E-state index contributed by atoms with van der Waals surface area (Å²) in [4.78, 5) is 14.8. The third-order valence-corrected chi connectivity index (χ3v) is 2.71. The lowest BCUT2D eigenvalue weighted by Crippen LogP contribution is -1.98. The van der Waals surface area contributed by atoms with Crippen LogP contribution in [0.4, 0.5) is 4.39 Å². The molecule has 1 N–H and O–H groups in total. The maximum Gasteiger partial charge on any atom is 0.335 e. The monoisotopic (exact) mass is 275 g/mol. The predicted octanol–water partition coefficient (Wildman–Crippen LogP) is 3.37. The van der Waals surface area contributed by atoms with E-state index in [1.165, 1.54) is 18.3 Å². The minimum Gasteiger partial charge on any atom is -0.492 e. The average molecular weight is 275 g/mol. The third kappa shape index (κ3) is 3.12. The molecule has 0 aliphatic carbocycles. The zero-order valence-corrected chi connectivity index (χ0v) is 11.0. The van der Waals surface area contributed by atoms with Crippen LogP contribution in [0.15, 0.2) is 36.7 Å². The highest BCUT2D eigenvalue weighted by atomic mass is 19.1. The van der Waals surface area contributed by atoms with E-state index < -0.39 is 11.8 Å². The summed E-state index contributed by atoms with van der Waals surface area (Å²) in [7, 11) is 0. The van der Waals surface area contributed by atoms with Crippen LogP contribution in [0.3, 0.4) is 0 Å². The third-order valence-electron chi connectivity index (χ3n) is 2.71. The van der Waals surface area contributed by atoms with Crippen LogP contribution in [0.1, 0.15) is 23.7 Å². The fourth-order valence-corrected chi connectivity index (χ4v) is 1.75. The number of aromatic nitrogens is 1. The van der Waals surface area contributed by atoms with Gasteiger partial charge in [-0.2, -0.15) is 0 Å². The first-order valence-corrected chi connectivity index (χ1v) is 6.23. The molecule has 20 heavy (non-hydrogen) atoms. The second kappa shape index (κ2) is 6.14. The zero-order chi connectivity index (χ0) is 14.5. The number of hydrogen-bond donors (Lipinski definition) is 1. The first-order chi connectivity index (χ1) is 9.61. The summed E-state index contributed by atoms with van der Waals surface area (Å²) in [6.45, 7) is 2.55. The van der Waals surface area contributed by atoms with Gasteiger partial charge in [-0.05, 0) is 24.6 Å². The normalized spacial score (nSPS) is 10.3. The van der Waals surface area contributed by atoms with E-state index in [4.69, 9.17) is 9.84 Å². The maximum absolute atomic E-state index is 13.9. The van der Waals surface area contributed by atoms with Crippen LogP contribution >= 0.6 is 0 Å². The Morgan fingerprint density at radius 1 is 1.35 bits per heavy atom. The minimum atomic E-state index is -1.16. The number of carboxylic acids is 1. The number of benzene rings is 1. The standard InChI is InChI=1S/C15H14FNO3/c1-2-5-20-12-6-11(8-17-9-12)13-4-3-10(15(18)19)7-14(13)16/h3-4,6-9H,2,5H2,1H3,(H,18,19). The van der Waals surface area contributed by atoms with Crippen molar-refractivity contribution < 1.29 is 19.0 Å². The van der Waals surface area contributed by atoms with Gasteiger partial charge in [-0.15, -0.1) is 0 Å². The Labute approximate surface area is 115 Å². The second-order valence-electron chi connectivity index (χ2n) is 4.26. The van der Waals surface area contributed by atoms with Crippen LogP contribution in [-0.4, -0.2) is 22.7 Å². The van der Waals surface area contributed by atoms with Crippen molar-refractivity contribution in [3.63, 3.8) is 0 Å².